The number of anilines is 1. The highest BCUT2D eigenvalue weighted by Gasteiger charge is 2.14. The molecule has 0 radical (unpaired) electrons. The van der Waals surface area contributed by atoms with Gasteiger partial charge >= 0.3 is 0 Å². The summed E-state index contributed by atoms with van der Waals surface area (Å²) < 4.78 is 0. The number of aryl methyl sites for hydroxylation is 2. The molecule has 1 N–H and O–H groups in total. The Kier molecular flexibility index (Phi) is 4.00. The fraction of sp³-hybridized carbons (Fsp3) is 0.235. The van der Waals surface area contributed by atoms with E-state index in [1.54, 1.807) is 0 Å². The van der Waals surface area contributed by atoms with Crippen LogP contribution < -0.4 is 5.32 Å². The Bertz CT molecular complexity index is 602. The molecule has 2 heteroatoms. The van der Waals surface area contributed by atoms with Gasteiger partial charge in [-0.3, -0.25) is 4.79 Å². The molecule has 2 nitrogen and oxygen atoms in total. The number of benzene rings is 2. The van der Waals surface area contributed by atoms with Crippen molar-refractivity contribution in [2.75, 3.05) is 11.9 Å². The van der Waals surface area contributed by atoms with Crippen molar-refractivity contribution in [2.24, 2.45) is 0 Å². The van der Waals surface area contributed by atoms with Gasteiger partial charge in [0.15, 0.2) is 5.78 Å². The highest BCUT2D eigenvalue weighted by Crippen LogP contribution is 2.21. The third-order valence-electron chi connectivity index (χ3n) is 3.17. The van der Waals surface area contributed by atoms with Gasteiger partial charge in [-0.25, -0.2) is 0 Å². The first kappa shape index (κ1) is 13.3. The van der Waals surface area contributed by atoms with Gasteiger partial charge in [-0.2, -0.15) is 0 Å². The van der Waals surface area contributed by atoms with Gasteiger partial charge in [0.2, 0.25) is 0 Å². The smallest absolute Gasteiger partial charge is 0.195 e. The first-order chi connectivity index (χ1) is 9.13. The van der Waals surface area contributed by atoms with Gasteiger partial charge in [-0.05, 0) is 38.5 Å². The number of carbonyl (C=O) groups is 1. The van der Waals surface area contributed by atoms with Crippen LogP contribution in [0, 0.1) is 13.8 Å². The van der Waals surface area contributed by atoms with Crippen LogP contribution in [0.4, 0.5) is 5.69 Å². The third kappa shape index (κ3) is 2.84. The maximum atomic E-state index is 12.6. The molecule has 2 aromatic rings. The largest absolute Gasteiger partial charge is 0.385 e. The van der Waals surface area contributed by atoms with E-state index in [0.717, 1.165) is 28.9 Å². The second-order valence-electron chi connectivity index (χ2n) is 4.72. The van der Waals surface area contributed by atoms with Crippen molar-refractivity contribution in [1.29, 1.82) is 0 Å². The molecule has 0 bridgehead atoms. The highest BCUT2D eigenvalue weighted by molar-refractivity contribution is 6.13. The van der Waals surface area contributed by atoms with E-state index in [-0.39, 0.29) is 5.78 Å². The summed E-state index contributed by atoms with van der Waals surface area (Å²) in [6.45, 7) is 6.85. The number of nitrogens with one attached hydrogen (secondary N) is 1. The van der Waals surface area contributed by atoms with Crippen LogP contribution in [0.3, 0.4) is 0 Å². The van der Waals surface area contributed by atoms with E-state index < -0.39 is 0 Å². The van der Waals surface area contributed by atoms with E-state index in [9.17, 15) is 4.79 Å². The van der Waals surface area contributed by atoms with Crippen molar-refractivity contribution >= 4 is 11.5 Å². The van der Waals surface area contributed by atoms with Crippen molar-refractivity contribution in [3.05, 3.63) is 64.7 Å². The molecule has 0 amide bonds. The van der Waals surface area contributed by atoms with Crippen molar-refractivity contribution < 1.29 is 4.79 Å². The van der Waals surface area contributed by atoms with Crippen molar-refractivity contribution in [1.82, 2.24) is 0 Å². The highest BCUT2D eigenvalue weighted by atomic mass is 16.1. The minimum Gasteiger partial charge on any atom is -0.385 e. The molecule has 2 rings (SSSR count). The molecular formula is C17H19NO. The van der Waals surface area contributed by atoms with Gasteiger partial charge in [0.1, 0.15) is 0 Å². The summed E-state index contributed by atoms with van der Waals surface area (Å²) in [5, 5.41) is 3.24. The second-order valence-corrected chi connectivity index (χ2v) is 4.72. The molecule has 19 heavy (non-hydrogen) atoms. The Labute approximate surface area is 114 Å². The molecule has 0 heterocycles. The summed E-state index contributed by atoms with van der Waals surface area (Å²) in [5.74, 6) is 0.0778. The number of ketones is 1. The summed E-state index contributed by atoms with van der Waals surface area (Å²) in [5.41, 5.74) is 4.60. The topological polar surface area (TPSA) is 29.1 Å². The van der Waals surface area contributed by atoms with Crippen LogP contribution in [0.25, 0.3) is 0 Å². The molecule has 0 saturated carbocycles. The number of hydrogen-bond donors (Lipinski definition) is 1. The van der Waals surface area contributed by atoms with Crippen molar-refractivity contribution in [3.63, 3.8) is 0 Å². The Morgan fingerprint density at radius 1 is 1.05 bits per heavy atom. The number of carbonyl (C=O) groups excluding carboxylic acids is 1. The van der Waals surface area contributed by atoms with Gasteiger partial charge in [0.25, 0.3) is 0 Å². The standard InChI is InChI=1S/C17H19NO/c1-4-18-16-8-6-5-7-15(16)17(19)14-10-9-12(2)11-13(14)3/h5-11,18H,4H2,1-3H3. The molecule has 0 aliphatic rings. The van der Waals surface area contributed by atoms with E-state index in [0.29, 0.717) is 0 Å². The van der Waals surface area contributed by atoms with Crippen LogP contribution >= 0.6 is 0 Å². The fourth-order valence-corrected chi connectivity index (χ4v) is 2.24. The summed E-state index contributed by atoms with van der Waals surface area (Å²) in [7, 11) is 0. The average molecular weight is 253 g/mol. The zero-order valence-corrected chi connectivity index (χ0v) is 11.7. The van der Waals surface area contributed by atoms with Crippen LogP contribution in [0.2, 0.25) is 0 Å². The van der Waals surface area contributed by atoms with Gasteiger partial charge in [-0.15, -0.1) is 0 Å². The predicted molar refractivity (Wildman–Crippen MR) is 80.0 cm³/mol. The first-order valence-electron chi connectivity index (χ1n) is 6.58. The lowest BCUT2D eigenvalue weighted by atomic mass is 9.96. The number of rotatable bonds is 4. The lowest BCUT2D eigenvalue weighted by Crippen LogP contribution is -2.08. The minimum absolute atomic E-state index is 0.0778. The Morgan fingerprint density at radius 3 is 2.47 bits per heavy atom. The number of para-hydroxylation sites is 1. The summed E-state index contributed by atoms with van der Waals surface area (Å²) in [6, 6.07) is 13.6. The van der Waals surface area contributed by atoms with Crippen LogP contribution in [0.1, 0.15) is 34.0 Å². The molecule has 0 saturated heterocycles. The minimum atomic E-state index is 0.0778. The van der Waals surface area contributed by atoms with E-state index in [1.165, 1.54) is 5.56 Å². The van der Waals surface area contributed by atoms with Gasteiger partial charge in [-0.1, -0.05) is 35.9 Å². The van der Waals surface area contributed by atoms with Crippen LogP contribution in [0.15, 0.2) is 42.5 Å². The van der Waals surface area contributed by atoms with Gasteiger partial charge in [0.05, 0.1) is 0 Å². The molecule has 98 valence electrons. The Hall–Kier alpha value is -2.09. The van der Waals surface area contributed by atoms with Crippen LogP contribution in [-0.2, 0) is 0 Å². The molecule has 0 spiro atoms. The average Bonchev–Trinajstić information content (AvgIpc) is 2.39. The van der Waals surface area contributed by atoms with Crippen LogP contribution in [0.5, 0.6) is 0 Å². The van der Waals surface area contributed by atoms with Crippen molar-refractivity contribution in [2.45, 2.75) is 20.8 Å². The molecule has 0 unspecified atom stereocenters. The number of hydrogen-bond acceptors (Lipinski definition) is 2. The third-order valence-corrected chi connectivity index (χ3v) is 3.17. The predicted octanol–water partition coefficient (Wildman–Crippen LogP) is 3.97. The monoisotopic (exact) mass is 253 g/mol. The Morgan fingerprint density at radius 2 is 1.79 bits per heavy atom. The molecule has 0 aliphatic carbocycles. The molecule has 2 aromatic carbocycles. The molecule has 0 aromatic heterocycles. The van der Waals surface area contributed by atoms with E-state index in [4.69, 9.17) is 0 Å². The normalized spacial score (nSPS) is 10.3. The molecule has 0 atom stereocenters. The van der Waals surface area contributed by atoms with E-state index >= 15 is 0 Å². The quantitative estimate of drug-likeness (QED) is 0.835. The Balaban J connectivity index is 2.44. The second kappa shape index (κ2) is 5.70. The van der Waals surface area contributed by atoms with Gasteiger partial charge < -0.3 is 5.32 Å². The maximum Gasteiger partial charge on any atom is 0.195 e. The SMILES string of the molecule is CCNc1ccccc1C(=O)c1ccc(C)cc1C. The lowest BCUT2D eigenvalue weighted by Gasteiger charge is -2.11. The molecular weight excluding hydrogens is 234 g/mol. The maximum absolute atomic E-state index is 12.6. The zero-order valence-electron chi connectivity index (χ0n) is 11.7. The zero-order chi connectivity index (χ0) is 13.8. The molecule has 0 fully saturated rings. The fourth-order valence-electron chi connectivity index (χ4n) is 2.24. The van der Waals surface area contributed by atoms with Crippen LogP contribution in [-0.4, -0.2) is 12.3 Å². The summed E-state index contributed by atoms with van der Waals surface area (Å²) >= 11 is 0. The van der Waals surface area contributed by atoms with Crippen molar-refractivity contribution in [3.8, 4) is 0 Å². The summed E-state index contributed by atoms with van der Waals surface area (Å²) in [6.07, 6.45) is 0. The van der Waals surface area contributed by atoms with Gasteiger partial charge in [0, 0.05) is 23.4 Å². The summed E-state index contributed by atoms with van der Waals surface area (Å²) in [4.78, 5) is 12.6. The van der Waals surface area contributed by atoms with E-state index in [1.807, 2.05) is 63.2 Å². The van der Waals surface area contributed by atoms with E-state index in [2.05, 4.69) is 5.32 Å². The molecule has 0 aliphatic heterocycles. The lowest BCUT2D eigenvalue weighted by molar-refractivity contribution is 0.103. The first-order valence-corrected chi connectivity index (χ1v) is 6.58.